The predicted octanol–water partition coefficient (Wildman–Crippen LogP) is 11.1. The highest BCUT2D eigenvalue weighted by molar-refractivity contribution is 5.35. The summed E-state index contributed by atoms with van der Waals surface area (Å²) in [5.41, 5.74) is 1.31. The van der Waals surface area contributed by atoms with Crippen molar-refractivity contribution in [1.29, 1.82) is 0 Å². The Bertz CT molecular complexity index is 1490. The summed E-state index contributed by atoms with van der Waals surface area (Å²) in [6.07, 6.45) is 6.20. The SMILES string of the molecule is CCCC(O)c1ccc(C2CCC(CCc3ccc(C4CCC(c5ccc(OCC)c(F)c5F)CC4)c(F)c3F)CC2)c(F)c1F. The molecule has 0 bridgehead atoms. The minimum atomic E-state index is -1.02. The van der Waals surface area contributed by atoms with E-state index in [-0.39, 0.29) is 41.6 Å². The summed E-state index contributed by atoms with van der Waals surface area (Å²) in [5.74, 6) is -5.72. The van der Waals surface area contributed by atoms with Gasteiger partial charge in [-0.15, -0.1) is 0 Å². The van der Waals surface area contributed by atoms with Crippen LogP contribution in [0.15, 0.2) is 36.4 Å². The summed E-state index contributed by atoms with van der Waals surface area (Å²) in [6.45, 7) is 3.81. The highest BCUT2D eigenvalue weighted by atomic mass is 19.2. The molecule has 3 aromatic carbocycles. The van der Waals surface area contributed by atoms with Crippen LogP contribution >= 0.6 is 0 Å². The van der Waals surface area contributed by atoms with Crippen molar-refractivity contribution >= 4 is 0 Å². The van der Waals surface area contributed by atoms with Gasteiger partial charge < -0.3 is 9.84 Å². The van der Waals surface area contributed by atoms with E-state index in [0.717, 1.165) is 12.8 Å². The van der Waals surface area contributed by atoms with Crippen LogP contribution in [-0.4, -0.2) is 11.7 Å². The van der Waals surface area contributed by atoms with E-state index in [1.807, 2.05) is 6.92 Å². The second-order valence-corrected chi connectivity index (χ2v) is 13.1. The summed E-state index contributed by atoms with van der Waals surface area (Å²) in [4.78, 5) is 0. The molecule has 2 saturated carbocycles. The predicted molar refractivity (Wildman–Crippen MR) is 167 cm³/mol. The number of aliphatic hydroxyl groups is 1. The lowest BCUT2D eigenvalue weighted by Gasteiger charge is -2.30. The van der Waals surface area contributed by atoms with Gasteiger partial charge in [-0.2, -0.15) is 4.39 Å². The largest absolute Gasteiger partial charge is 0.491 e. The van der Waals surface area contributed by atoms with Gasteiger partial charge in [0.25, 0.3) is 0 Å². The molecule has 0 amide bonds. The monoisotopic (exact) mass is 646 g/mol. The molecule has 0 aromatic heterocycles. The highest BCUT2D eigenvalue weighted by Crippen LogP contribution is 2.44. The van der Waals surface area contributed by atoms with E-state index >= 15 is 8.78 Å². The molecule has 1 unspecified atom stereocenters. The zero-order chi connectivity index (χ0) is 33.0. The van der Waals surface area contributed by atoms with Crippen LogP contribution in [0.4, 0.5) is 26.3 Å². The second kappa shape index (κ2) is 15.3. The van der Waals surface area contributed by atoms with Crippen molar-refractivity contribution in [3.8, 4) is 5.75 Å². The van der Waals surface area contributed by atoms with Crippen LogP contribution in [0, 0.1) is 40.8 Å². The molecule has 46 heavy (non-hydrogen) atoms. The Kier molecular flexibility index (Phi) is 11.4. The molecular formula is C38H44F6O2. The maximum Gasteiger partial charge on any atom is 0.200 e. The van der Waals surface area contributed by atoms with Crippen LogP contribution in [0.3, 0.4) is 0 Å². The lowest BCUT2D eigenvalue weighted by atomic mass is 9.75. The van der Waals surface area contributed by atoms with Gasteiger partial charge in [0.05, 0.1) is 12.7 Å². The van der Waals surface area contributed by atoms with E-state index in [9.17, 15) is 22.7 Å². The Morgan fingerprint density at radius 2 is 1.13 bits per heavy atom. The Hall–Kier alpha value is -3.00. The van der Waals surface area contributed by atoms with E-state index in [1.54, 1.807) is 31.2 Å². The van der Waals surface area contributed by atoms with Crippen molar-refractivity contribution in [2.75, 3.05) is 6.61 Å². The fourth-order valence-electron chi connectivity index (χ4n) is 7.66. The third kappa shape index (κ3) is 7.27. The summed E-state index contributed by atoms with van der Waals surface area (Å²) in [6, 6.07) is 9.44. The van der Waals surface area contributed by atoms with Crippen LogP contribution in [-0.2, 0) is 6.42 Å². The van der Waals surface area contributed by atoms with Gasteiger partial charge in [-0.3, -0.25) is 0 Å². The van der Waals surface area contributed by atoms with E-state index in [0.29, 0.717) is 86.5 Å². The quantitative estimate of drug-likeness (QED) is 0.210. The number of hydrogen-bond donors (Lipinski definition) is 1. The lowest BCUT2D eigenvalue weighted by Crippen LogP contribution is -2.17. The molecular weight excluding hydrogens is 602 g/mol. The van der Waals surface area contributed by atoms with Crippen LogP contribution in [0.25, 0.3) is 0 Å². The maximum atomic E-state index is 15.3. The van der Waals surface area contributed by atoms with E-state index in [1.165, 1.54) is 12.1 Å². The minimum Gasteiger partial charge on any atom is -0.491 e. The maximum absolute atomic E-state index is 15.3. The third-order valence-electron chi connectivity index (χ3n) is 10.3. The topological polar surface area (TPSA) is 29.5 Å². The van der Waals surface area contributed by atoms with Crippen LogP contribution in [0.1, 0.15) is 136 Å². The first kappa shape index (κ1) is 34.3. The van der Waals surface area contributed by atoms with Crippen molar-refractivity contribution in [3.63, 3.8) is 0 Å². The fraction of sp³-hybridized carbons (Fsp3) is 0.526. The van der Waals surface area contributed by atoms with Crippen LogP contribution in [0.5, 0.6) is 5.75 Å². The van der Waals surface area contributed by atoms with Crippen molar-refractivity contribution in [3.05, 3.63) is 99.1 Å². The van der Waals surface area contributed by atoms with Gasteiger partial charge in [0.2, 0.25) is 5.82 Å². The molecule has 8 heteroatoms. The molecule has 1 N–H and O–H groups in total. The van der Waals surface area contributed by atoms with Crippen molar-refractivity contribution in [2.24, 2.45) is 5.92 Å². The van der Waals surface area contributed by atoms with Crippen molar-refractivity contribution in [1.82, 2.24) is 0 Å². The molecule has 2 aliphatic rings. The Labute approximate surface area is 268 Å². The molecule has 250 valence electrons. The van der Waals surface area contributed by atoms with Crippen LogP contribution in [0.2, 0.25) is 0 Å². The first-order valence-electron chi connectivity index (χ1n) is 16.9. The second-order valence-electron chi connectivity index (χ2n) is 13.1. The van der Waals surface area contributed by atoms with Crippen molar-refractivity contribution < 1.29 is 36.2 Å². The number of aliphatic hydroxyl groups excluding tert-OH is 1. The number of rotatable bonds is 11. The van der Waals surface area contributed by atoms with Gasteiger partial charge in [-0.25, -0.2) is 22.0 Å². The number of ether oxygens (including phenoxy) is 1. The van der Waals surface area contributed by atoms with E-state index in [2.05, 4.69) is 0 Å². The number of hydrogen-bond acceptors (Lipinski definition) is 2. The lowest BCUT2D eigenvalue weighted by molar-refractivity contribution is 0.160. The van der Waals surface area contributed by atoms with Gasteiger partial charge in [0.15, 0.2) is 34.8 Å². The molecule has 3 aromatic rings. The van der Waals surface area contributed by atoms with E-state index in [4.69, 9.17) is 4.74 Å². The molecule has 0 radical (unpaired) electrons. The molecule has 2 aliphatic carbocycles. The Morgan fingerprint density at radius 1 is 0.630 bits per heavy atom. The molecule has 2 fully saturated rings. The van der Waals surface area contributed by atoms with Crippen LogP contribution < -0.4 is 4.74 Å². The summed E-state index contributed by atoms with van der Waals surface area (Å²) >= 11 is 0. The normalized spacial score (nSPS) is 22.5. The molecule has 1 atom stereocenters. The standard InChI is InChI=1S/C38H44F6O2/c1-3-5-31(45)30-19-18-28(35(41)37(30)43)23-9-6-22(7-10-23)8-11-26-16-17-27(34(40)33(26)39)24-12-14-25(15-13-24)29-20-21-32(46-4-2)38(44)36(29)42/h16-25,31,45H,3-15H2,1-2H3. The average molecular weight is 647 g/mol. The summed E-state index contributed by atoms with van der Waals surface area (Å²) in [5, 5.41) is 10.1. The third-order valence-corrected chi connectivity index (χ3v) is 10.3. The van der Waals surface area contributed by atoms with Gasteiger partial charge in [-0.05, 0) is 130 Å². The number of halogens is 6. The summed E-state index contributed by atoms with van der Waals surface area (Å²) < 4.78 is 94.5. The van der Waals surface area contributed by atoms with E-state index < -0.39 is 41.0 Å². The molecule has 0 spiro atoms. The summed E-state index contributed by atoms with van der Waals surface area (Å²) in [7, 11) is 0. The smallest absolute Gasteiger partial charge is 0.200 e. The average Bonchev–Trinajstić information content (AvgIpc) is 3.06. The molecule has 0 saturated heterocycles. The highest BCUT2D eigenvalue weighted by Gasteiger charge is 2.31. The molecule has 5 rings (SSSR count). The number of aryl methyl sites for hydroxylation is 1. The van der Waals surface area contributed by atoms with Gasteiger partial charge in [0.1, 0.15) is 0 Å². The van der Waals surface area contributed by atoms with Gasteiger partial charge in [0, 0.05) is 5.56 Å². The fourth-order valence-corrected chi connectivity index (χ4v) is 7.66. The van der Waals surface area contributed by atoms with Gasteiger partial charge in [-0.1, -0.05) is 43.7 Å². The zero-order valence-electron chi connectivity index (χ0n) is 26.7. The molecule has 0 heterocycles. The molecule has 2 nitrogen and oxygen atoms in total. The minimum absolute atomic E-state index is 0.000686. The Balaban J connectivity index is 1.14. The first-order valence-corrected chi connectivity index (χ1v) is 16.9. The first-order chi connectivity index (χ1) is 22.1. The van der Waals surface area contributed by atoms with Crippen molar-refractivity contribution in [2.45, 2.75) is 115 Å². The molecule has 0 aliphatic heterocycles. The number of benzene rings is 3. The Morgan fingerprint density at radius 3 is 1.70 bits per heavy atom. The van der Waals surface area contributed by atoms with Gasteiger partial charge >= 0.3 is 0 Å². The zero-order valence-corrected chi connectivity index (χ0v) is 26.7.